The van der Waals surface area contributed by atoms with Crippen LogP contribution in [0.5, 0.6) is 11.6 Å². The Bertz CT molecular complexity index is 1620. The largest absolute Gasteiger partial charge is 0.481 e. The second-order valence-corrected chi connectivity index (χ2v) is 15.7. The first-order valence-corrected chi connectivity index (χ1v) is 18.0. The SMILES string of the molecule is CC1(C)[C@H]2C[C@@H]1C1OB([C@H](CC3CCC3)NC(=O)[C@H](Cc3ccccc3)NS(=O)(=O)c3ccc(Oc4ccccc4)nc3)O[C@@H]1C2. The summed E-state index contributed by atoms with van der Waals surface area (Å²) >= 11 is 0. The molecule has 2 aromatic carbocycles. The zero-order valence-electron chi connectivity index (χ0n) is 26.4. The molecule has 8 rings (SSSR count). The first kappa shape index (κ1) is 31.4. The standard InChI is InChI=1S/C35H42BN3O6S/c1-35(2)25-20-28(35)33-30(21-25)44-36(45-33)31(19-24-12-9-13-24)38-34(40)29(18-23-10-5-3-6-11-23)39-46(41,42)27-16-17-32(37-22-27)43-26-14-7-4-8-15-26/h3-8,10-11,14-17,22,24-25,28-31,33,39H,9,12-13,18-21H2,1-2H3,(H,38,40)/t25-,28+,29-,30+,31-,33?/m0/s1. The highest BCUT2D eigenvalue weighted by Crippen LogP contribution is 2.61. The van der Waals surface area contributed by atoms with Crippen LogP contribution in [0.1, 0.15) is 57.9 Å². The van der Waals surface area contributed by atoms with Gasteiger partial charge in [0.1, 0.15) is 16.7 Å². The molecule has 46 heavy (non-hydrogen) atoms. The molecule has 1 unspecified atom stereocenters. The lowest BCUT2D eigenvalue weighted by atomic mass is 9.47. The lowest BCUT2D eigenvalue weighted by Gasteiger charge is -2.60. The molecular formula is C35H42BN3O6S. The van der Waals surface area contributed by atoms with Crippen LogP contribution in [0.4, 0.5) is 0 Å². The van der Waals surface area contributed by atoms with Crippen LogP contribution in [-0.4, -0.2) is 50.6 Å². The van der Waals surface area contributed by atoms with Crippen LogP contribution in [-0.2, 0) is 30.5 Å². The van der Waals surface area contributed by atoms with E-state index < -0.39 is 29.1 Å². The van der Waals surface area contributed by atoms with Gasteiger partial charge in [0.2, 0.25) is 21.8 Å². The van der Waals surface area contributed by atoms with Crippen LogP contribution in [0.3, 0.4) is 0 Å². The number of hydrogen-bond acceptors (Lipinski definition) is 7. The van der Waals surface area contributed by atoms with Gasteiger partial charge in [-0.2, -0.15) is 4.72 Å². The zero-order valence-corrected chi connectivity index (χ0v) is 27.2. The number of carbonyl (C=O) groups is 1. The first-order valence-electron chi connectivity index (χ1n) is 16.5. The van der Waals surface area contributed by atoms with Crippen molar-refractivity contribution in [3.63, 3.8) is 0 Å². The predicted molar refractivity (Wildman–Crippen MR) is 174 cm³/mol. The molecule has 0 spiro atoms. The van der Waals surface area contributed by atoms with Gasteiger partial charge in [0.15, 0.2) is 0 Å². The van der Waals surface area contributed by atoms with Crippen molar-refractivity contribution < 1.29 is 27.3 Å². The molecule has 5 fully saturated rings. The van der Waals surface area contributed by atoms with Gasteiger partial charge < -0.3 is 19.4 Å². The second-order valence-electron chi connectivity index (χ2n) is 14.0. The molecule has 9 nitrogen and oxygen atoms in total. The summed E-state index contributed by atoms with van der Waals surface area (Å²) in [4.78, 5) is 18.2. The number of benzene rings is 2. The number of nitrogens with zero attached hydrogens (tertiary/aromatic N) is 1. The van der Waals surface area contributed by atoms with Gasteiger partial charge in [-0.1, -0.05) is 81.6 Å². The summed E-state index contributed by atoms with van der Waals surface area (Å²) < 4.78 is 48.8. The highest BCUT2D eigenvalue weighted by atomic mass is 32.2. The summed E-state index contributed by atoms with van der Waals surface area (Å²) in [5, 5.41) is 3.20. The summed E-state index contributed by atoms with van der Waals surface area (Å²) in [6.45, 7) is 4.65. The summed E-state index contributed by atoms with van der Waals surface area (Å²) in [6, 6.07) is 20.4. The molecular weight excluding hydrogens is 601 g/mol. The van der Waals surface area contributed by atoms with E-state index in [1.807, 2.05) is 48.5 Å². The molecule has 0 radical (unpaired) electrons. The van der Waals surface area contributed by atoms with Crippen LogP contribution in [0.2, 0.25) is 0 Å². The average Bonchev–Trinajstić information content (AvgIpc) is 3.47. The lowest BCUT2D eigenvalue weighted by Crippen LogP contribution is -2.59. The number of hydrogen-bond donors (Lipinski definition) is 2. The number of rotatable bonds is 12. The number of aromatic nitrogens is 1. The molecule has 2 N–H and O–H groups in total. The summed E-state index contributed by atoms with van der Waals surface area (Å²) in [7, 11) is -4.66. The molecule has 6 atom stereocenters. The monoisotopic (exact) mass is 643 g/mol. The molecule has 242 valence electrons. The number of para-hydroxylation sites is 1. The highest BCUT2D eigenvalue weighted by Gasteiger charge is 2.63. The fraction of sp³-hybridized carbons (Fsp3) is 0.486. The predicted octanol–water partition coefficient (Wildman–Crippen LogP) is 5.32. The number of amides is 1. The quantitative estimate of drug-likeness (QED) is 0.257. The van der Waals surface area contributed by atoms with Crippen LogP contribution >= 0.6 is 0 Å². The third-order valence-electron chi connectivity index (χ3n) is 10.8. The van der Waals surface area contributed by atoms with Gasteiger partial charge in [-0.3, -0.25) is 4.79 Å². The van der Waals surface area contributed by atoms with Crippen LogP contribution < -0.4 is 14.8 Å². The van der Waals surface area contributed by atoms with Gasteiger partial charge in [0, 0.05) is 6.07 Å². The summed E-state index contributed by atoms with van der Waals surface area (Å²) in [5.41, 5.74) is 1.08. The van der Waals surface area contributed by atoms with E-state index in [1.54, 1.807) is 12.1 Å². The third-order valence-corrected chi connectivity index (χ3v) is 12.2. The maximum absolute atomic E-state index is 14.1. The normalized spacial score (nSPS) is 26.3. The van der Waals surface area contributed by atoms with Crippen LogP contribution in [0, 0.1) is 23.2 Å². The molecule has 11 heteroatoms. The fourth-order valence-corrected chi connectivity index (χ4v) is 8.79. The van der Waals surface area contributed by atoms with Crippen molar-refractivity contribution in [3.05, 3.63) is 84.6 Å². The third kappa shape index (κ3) is 6.47. The molecule has 1 aliphatic heterocycles. The van der Waals surface area contributed by atoms with Gasteiger partial charge in [-0.05, 0) is 72.6 Å². The molecule has 3 aromatic rings. The van der Waals surface area contributed by atoms with Crippen molar-refractivity contribution in [2.45, 2.75) is 87.9 Å². The van der Waals surface area contributed by atoms with Gasteiger partial charge in [-0.25, -0.2) is 13.4 Å². The van der Waals surface area contributed by atoms with Gasteiger partial charge in [-0.15, -0.1) is 0 Å². The van der Waals surface area contributed by atoms with E-state index in [1.165, 1.54) is 31.2 Å². The second kappa shape index (κ2) is 12.7. The van der Waals surface area contributed by atoms with E-state index in [2.05, 4.69) is 28.9 Å². The Morgan fingerprint density at radius 3 is 2.41 bits per heavy atom. The first-order chi connectivity index (χ1) is 22.2. The fourth-order valence-electron chi connectivity index (χ4n) is 7.65. The number of nitrogens with one attached hydrogen (secondary N) is 2. The Balaban J connectivity index is 1.08. The van der Waals surface area contributed by atoms with Crippen molar-refractivity contribution in [2.24, 2.45) is 23.2 Å². The molecule has 1 amide bonds. The minimum atomic E-state index is -4.11. The number of carbonyl (C=O) groups excluding carboxylic acids is 1. The number of sulfonamides is 1. The smallest absolute Gasteiger partial charge is 0.439 e. The van der Waals surface area contributed by atoms with Crippen LogP contribution in [0.15, 0.2) is 83.9 Å². The maximum Gasteiger partial charge on any atom is 0.481 e. The molecule has 2 bridgehead atoms. The molecule has 1 saturated heterocycles. The summed E-state index contributed by atoms with van der Waals surface area (Å²) in [6.07, 6.45) is 7.79. The van der Waals surface area contributed by atoms with E-state index in [-0.39, 0.29) is 40.8 Å². The van der Waals surface area contributed by atoms with Gasteiger partial charge in [0.25, 0.3) is 0 Å². The number of pyridine rings is 1. The molecule has 1 aromatic heterocycles. The Hall–Kier alpha value is -3.25. The summed E-state index contributed by atoms with van der Waals surface area (Å²) in [5.74, 6) is 1.66. The molecule has 5 aliphatic rings. The lowest BCUT2D eigenvalue weighted by molar-refractivity contribution is -0.150. The maximum atomic E-state index is 14.1. The van der Waals surface area contributed by atoms with Crippen molar-refractivity contribution in [1.82, 2.24) is 15.0 Å². The number of ether oxygens (including phenoxy) is 1. The zero-order chi connectivity index (χ0) is 31.9. The average molecular weight is 644 g/mol. The Kier molecular flexibility index (Phi) is 8.69. The van der Waals surface area contributed by atoms with Gasteiger partial charge in [0.05, 0.1) is 24.3 Å². The van der Waals surface area contributed by atoms with E-state index in [0.717, 1.165) is 31.2 Å². The molecule has 2 heterocycles. The van der Waals surface area contributed by atoms with Crippen molar-refractivity contribution in [3.8, 4) is 11.6 Å². The van der Waals surface area contributed by atoms with E-state index >= 15 is 0 Å². The van der Waals surface area contributed by atoms with Gasteiger partial charge >= 0.3 is 7.12 Å². The van der Waals surface area contributed by atoms with Crippen LogP contribution in [0.25, 0.3) is 0 Å². The van der Waals surface area contributed by atoms with E-state index in [9.17, 15) is 13.2 Å². The Morgan fingerprint density at radius 2 is 1.76 bits per heavy atom. The topological polar surface area (TPSA) is 116 Å². The molecule has 4 aliphatic carbocycles. The van der Waals surface area contributed by atoms with Crippen molar-refractivity contribution in [2.75, 3.05) is 0 Å². The Labute approximate surface area is 272 Å². The Morgan fingerprint density at radius 1 is 1.02 bits per heavy atom. The minimum absolute atomic E-state index is 0.0331. The van der Waals surface area contributed by atoms with Crippen molar-refractivity contribution >= 4 is 23.0 Å². The van der Waals surface area contributed by atoms with E-state index in [4.69, 9.17) is 14.0 Å². The molecule has 4 saturated carbocycles. The van der Waals surface area contributed by atoms with E-state index in [0.29, 0.717) is 23.5 Å². The van der Waals surface area contributed by atoms with Crippen molar-refractivity contribution in [1.29, 1.82) is 0 Å². The highest BCUT2D eigenvalue weighted by molar-refractivity contribution is 7.89. The minimum Gasteiger partial charge on any atom is -0.439 e.